The van der Waals surface area contributed by atoms with Crippen molar-refractivity contribution in [2.24, 2.45) is 5.92 Å². The summed E-state index contributed by atoms with van der Waals surface area (Å²) >= 11 is 0. The Bertz CT molecular complexity index is 422. The zero-order chi connectivity index (χ0) is 14.4. The van der Waals surface area contributed by atoms with Gasteiger partial charge in [0, 0.05) is 19.6 Å². The van der Waals surface area contributed by atoms with Crippen molar-refractivity contribution in [1.29, 1.82) is 0 Å². The maximum absolute atomic E-state index is 10.7. The molecule has 0 amide bonds. The molecule has 1 saturated heterocycles. The Morgan fingerprint density at radius 2 is 2.15 bits per heavy atom. The highest BCUT2D eigenvalue weighted by molar-refractivity contribution is 5.68. The van der Waals surface area contributed by atoms with Gasteiger partial charge in [-0.3, -0.25) is 14.6 Å². The normalized spacial score (nSPS) is 20.2. The predicted octanol–water partition coefficient (Wildman–Crippen LogP) is 1.91. The lowest BCUT2D eigenvalue weighted by Gasteiger charge is -2.34. The first-order valence-electron chi connectivity index (χ1n) is 7.30. The molecule has 1 fully saturated rings. The van der Waals surface area contributed by atoms with E-state index >= 15 is 0 Å². The number of likely N-dealkylation sites (N-methyl/N-ethyl adjacent to an activating group) is 1. The Balaban J connectivity index is 1.81. The van der Waals surface area contributed by atoms with Gasteiger partial charge in [0.1, 0.15) is 0 Å². The van der Waals surface area contributed by atoms with Crippen molar-refractivity contribution in [2.75, 3.05) is 33.2 Å². The number of carbonyl (C=O) groups is 1. The van der Waals surface area contributed by atoms with Crippen molar-refractivity contribution in [1.82, 2.24) is 9.80 Å². The maximum Gasteiger partial charge on any atom is 0.317 e. The summed E-state index contributed by atoms with van der Waals surface area (Å²) in [5.41, 5.74) is 1.35. The van der Waals surface area contributed by atoms with Crippen LogP contribution in [0.3, 0.4) is 0 Å². The molecule has 1 aliphatic heterocycles. The van der Waals surface area contributed by atoms with E-state index in [0.29, 0.717) is 5.92 Å². The Morgan fingerprint density at radius 1 is 1.40 bits per heavy atom. The quantitative estimate of drug-likeness (QED) is 0.862. The molecular formula is C16H24N2O2. The summed E-state index contributed by atoms with van der Waals surface area (Å²) < 4.78 is 0. The molecule has 1 N–H and O–H groups in total. The summed E-state index contributed by atoms with van der Waals surface area (Å²) in [6.45, 7) is 4.22. The number of aliphatic carboxylic acids is 1. The molecule has 0 saturated carbocycles. The number of nitrogens with zero attached hydrogens (tertiary/aromatic N) is 2. The lowest BCUT2D eigenvalue weighted by atomic mass is 9.97. The van der Waals surface area contributed by atoms with Gasteiger partial charge in [0.05, 0.1) is 6.54 Å². The highest BCUT2D eigenvalue weighted by Crippen LogP contribution is 2.19. The van der Waals surface area contributed by atoms with Crippen molar-refractivity contribution in [3.8, 4) is 0 Å². The van der Waals surface area contributed by atoms with E-state index in [4.69, 9.17) is 5.11 Å². The molecule has 1 aliphatic rings. The SMILES string of the molecule is CN(CC(=O)O)CC1CCCN(Cc2ccccc2)C1. The Hall–Kier alpha value is -1.39. The Labute approximate surface area is 121 Å². The van der Waals surface area contributed by atoms with Crippen LogP contribution in [0, 0.1) is 5.92 Å². The minimum Gasteiger partial charge on any atom is -0.480 e. The topological polar surface area (TPSA) is 43.8 Å². The number of carboxylic acid groups (broad SMARTS) is 1. The van der Waals surface area contributed by atoms with Crippen molar-refractivity contribution in [2.45, 2.75) is 19.4 Å². The molecule has 1 aromatic rings. The van der Waals surface area contributed by atoms with Gasteiger partial charge in [-0.1, -0.05) is 30.3 Å². The number of hydrogen-bond donors (Lipinski definition) is 1. The van der Waals surface area contributed by atoms with Crippen LogP contribution >= 0.6 is 0 Å². The fourth-order valence-electron chi connectivity index (χ4n) is 3.02. The first-order chi connectivity index (χ1) is 9.63. The summed E-state index contributed by atoms with van der Waals surface area (Å²) in [6, 6.07) is 10.5. The molecule has 2 rings (SSSR count). The predicted molar refractivity (Wildman–Crippen MR) is 79.6 cm³/mol. The van der Waals surface area contributed by atoms with Gasteiger partial charge in [0.25, 0.3) is 0 Å². The van der Waals surface area contributed by atoms with Crippen LogP contribution in [0.15, 0.2) is 30.3 Å². The average Bonchev–Trinajstić information content (AvgIpc) is 2.39. The molecule has 1 atom stereocenters. The molecule has 4 nitrogen and oxygen atoms in total. The average molecular weight is 276 g/mol. The molecule has 20 heavy (non-hydrogen) atoms. The summed E-state index contributed by atoms with van der Waals surface area (Å²) in [5, 5.41) is 8.81. The van der Waals surface area contributed by atoms with E-state index in [1.54, 1.807) is 0 Å². The van der Waals surface area contributed by atoms with Gasteiger partial charge in [0.2, 0.25) is 0 Å². The number of hydrogen-bond acceptors (Lipinski definition) is 3. The molecule has 0 aromatic heterocycles. The Kier molecular flexibility index (Phi) is 5.56. The van der Waals surface area contributed by atoms with Crippen LogP contribution in [-0.4, -0.2) is 54.1 Å². The number of piperidine rings is 1. The largest absolute Gasteiger partial charge is 0.480 e. The zero-order valence-electron chi connectivity index (χ0n) is 12.2. The van der Waals surface area contributed by atoms with Gasteiger partial charge in [-0.05, 0) is 37.9 Å². The van der Waals surface area contributed by atoms with E-state index in [2.05, 4.69) is 29.2 Å². The third-order valence-electron chi connectivity index (χ3n) is 3.83. The Morgan fingerprint density at radius 3 is 2.85 bits per heavy atom. The molecule has 0 spiro atoms. The third-order valence-corrected chi connectivity index (χ3v) is 3.83. The van der Waals surface area contributed by atoms with Gasteiger partial charge in [-0.25, -0.2) is 0 Å². The summed E-state index contributed by atoms with van der Waals surface area (Å²) in [6.07, 6.45) is 2.41. The molecular weight excluding hydrogens is 252 g/mol. The highest BCUT2D eigenvalue weighted by atomic mass is 16.4. The molecule has 1 heterocycles. The first-order valence-corrected chi connectivity index (χ1v) is 7.30. The van der Waals surface area contributed by atoms with Gasteiger partial charge < -0.3 is 5.11 Å². The van der Waals surface area contributed by atoms with Crippen LogP contribution in [0.1, 0.15) is 18.4 Å². The molecule has 0 radical (unpaired) electrons. The highest BCUT2D eigenvalue weighted by Gasteiger charge is 2.21. The summed E-state index contributed by atoms with van der Waals surface area (Å²) in [4.78, 5) is 15.1. The second kappa shape index (κ2) is 7.41. The van der Waals surface area contributed by atoms with Crippen LogP contribution in [0.4, 0.5) is 0 Å². The summed E-state index contributed by atoms with van der Waals surface area (Å²) in [7, 11) is 1.89. The lowest BCUT2D eigenvalue weighted by molar-refractivity contribution is -0.138. The van der Waals surface area contributed by atoms with Gasteiger partial charge in [0.15, 0.2) is 0 Å². The van der Waals surface area contributed by atoms with Crippen LogP contribution in [0.5, 0.6) is 0 Å². The second-order valence-corrected chi connectivity index (χ2v) is 5.82. The van der Waals surface area contributed by atoms with Crippen LogP contribution in [0.25, 0.3) is 0 Å². The fourth-order valence-corrected chi connectivity index (χ4v) is 3.02. The number of carboxylic acids is 1. The molecule has 0 bridgehead atoms. The van der Waals surface area contributed by atoms with Crippen LogP contribution in [0.2, 0.25) is 0 Å². The fraction of sp³-hybridized carbons (Fsp3) is 0.562. The standard InChI is InChI=1S/C16H24N2O2/c1-17(13-16(19)20)10-15-8-5-9-18(12-15)11-14-6-3-2-4-7-14/h2-4,6-7,15H,5,8-13H2,1H3,(H,19,20). The van der Waals surface area contributed by atoms with E-state index in [9.17, 15) is 4.79 Å². The van der Waals surface area contributed by atoms with E-state index in [-0.39, 0.29) is 6.54 Å². The molecule has 4 heteroatoms. The number of likely N-dealkylation sites (tertiary alicyclic amines) is 1. The molecule has 1 unspecified atom stereocenters. The minimum absolute atomic E-state index is 0.134. The number of benzene rings is 1. The summed E-state index contributed by atoms with van der Waals surface area (Å²) in [5.74, 6) is -0.165. The molecule has 1 aromatic carbocycles. The van der Waals surface area contributed by atoms with Crippen LogP contribution in [-0.2, 0) is 11.3 Å². The first kappa shape index (κ1) is 15.0. The van der Waals surface area contributed by atoms with Crippen molar-refractivity contribution in [3.05, 3.63) is 35.9 Å². The van der Waals surface area contributed by atoms with E-state index in [1.807, 2.05) is 18.0 Å². The molecule has 110 valence electrons. The monoisotopic (exact) mass is 276 g/mol. The number of rotatable bonds is 6. The van der Waals surface area contributed by atoms with Crippen LogP contribution < -0.4 is 0 Å². The second-order valence-electron chi connectivity index (χ2n) is 5.82. The van der Waals surface area contributed by atoms with E-state index < -0.39 is 5.97 Å². The maximum atomic E-state index is 10.7. The van der Waals surface area contributed by atoms with Crippen molar-refractivity contribution < 1.29 is 9.90 Å². The van der Waals surface area contributed by atoms with E-state index in [1.165, 1.54) is 18.4 Å². The molecule has 0 aliphatic carbocycles. The van der Waals surface area contributed by atoms with Gasteiger partial charge >= 0.3 is 5.97 Å². The van der Waals surface area contributed by atoms with Crippen molar-refractivity contribution >= 4 is 5.97 Å². The van der Waals surface area contributed by atoms with Gasteiger partial charge in [-0.15, -0.1) is 0 Å². The zero-order valence-corrected chi connectivity index (χ0v) is 12.2. The third kappa shape index (κ3) is 4.94. The van der Waals surface area contributed by atoms with Gasteiger partial charge in [-0.2, -0.15) is 0 Å². The lowest BCUT2D eigenvalue weighted by Crippen LogP contribution is -2.40. The smallest absolute Gasteiger partial charge is 0.317 e. The minimum atomic E-state index is -0.746. The van der Waals surface area contributed by atoms with E-state index in [0.717, 1.165) is 26.2 Å². The van der Waals surface area contributed by atoms with Crippen molar-refractivity contribution in [3.63, 3.8) is 0 Å².